The van der Waals surface area contributed by atoms with Gasteiger partial charge in [0.15, 0.2) is 0 Å². The SMILES string of the molecule is O=C(NCC1(O)CCC1)NC1CCSc2c(F)cccc21. The fourth-order valence-electron chi connectivity index (χ4n) is 2.75. The van der Waals surface area contributed by atoms with Gasteiger partial charge in [0.25, 0.3) is 0 Å². The first-order valence-electron chi connectivity index (χ1n) is 7.25. The summed E-state index contributed by atoms with van der Waals surface area (Å²) < 4.78 is 13.8. The van der Waals surface area contributed by atoms with Gasteiger partial charge in [-0.15, -0.1) is 11.8 Å². The molecule has 0 bridgehead atoms. The summed E-state index contributed by atoms with van der Waals surface area (Å²) in [6.45, 7) is 0.274. The number of rotatable bonds is 3. The quantitative estimate of drug-likeness (QED) is 0.804. The van der Waals surface area contributed by atoms with E-state index in [-0.39, 0.29) is 24.4 Å². The highest BCUT2D eigenvalue weighted by atomic mass is 32.2. The van der Waals surface area contributed by atoms with E-state index in [4.69, 9.17) is 0 Å². The van der Waals surface area contributed by atoms with Crippen molar-refractivity contribution in [3.8, 4) is 0 Å². The van der Waals surface area contributed by atoms with E-state index in [1.807, 2.05) is 6.07 Å². The van der Waals surface area contributed by atoms with Gasteiger partial charge in [0.1, 0.15) is 5.82 Å². The summed E-state index contributed by atoms with van der Waals surface area (Å²) in [5, 5.41) is 15.6. The summed E-state index contributed by atoms with van der Waals surface area (Å²) in [6, 6.07) is 4.49. The molecule has 1 fully saturated rings. The molecule has 1 aromatic carbocycles. The molecular formula is C15H19FN2O2S. The third-order valence-electron chi connectivity index (χ3n) is 4.19. The maximum atomic E-state index is 13.8. The van der Waals surface area contributed by atoms with Gasteiger partial charge < -0.3 is 15.7 Å². The maximum Gasteiger partial charge on any atom is 0.315 e. The van der Waals surface area contributed by atoms with Crippen LogP contribution in [0.5, 0.6) is 0 Å². The Bertz CT molecular complexity index is 548. The molecule has 1 aliphatic heterocycles. The predicted octanol–water partition coefficient (Wildman–Crippen LogP) is 2.58. The smallest absolute Gasteiger partial charge is 0.315 e. The van der Waals surface area contributed by atoms with Crippen molar-refractivity contribution in [2.75, 3.05) is 12.3 Å². The molecule has 0 saturated heterocycles. The van der Waals surface area contributed by atoms with Gasteiger partial charge in [-0.2, -0.15) is 0 Å². The van der Waals surface area contributed by atoms with Gasteiger partial charge in [-0.1, -0.05) is 12.1 Å². The van der Waals surface area contributed by atoms with Crippen molar-refractivity contribution in [2.24, 2.45) is 0 Å². The molecule has 114 valence electrons. The van der Waals surface area contributed by atoms with E-state index in [1.54, 1.807) is 6.07 Å². The molecule has 6 heteroatoms. The van der Waals surface area contributed by atoms with Crippen LogP contribution in [0.2, 0.25) is 0 Å². The summed E-state index contributed by atoms with van der Waals surface area (Å²) in [6.07, 6.45) is 3.26. The number of nitrogens with one attached hydrogen (secondary N) is 2. The average Bonchev–Trinajstić information content (AvgIpc) is 2.44. The summed E-state index contributed by atoms with van der Waals surface area (Å²) in [4.78, 5) is 12.6. The number of fused-ring (bicyclic) bond motifs is 1. The Balaban J connectivity index is 1.61. The van der Waals surface area contributed by atoms with Crippen LogP contribution in [0.1, 0.15) is 37.3 Å². The minimum absolute atomic E-state index is 0.173. The third kappa shape index (κ3) is 3.16. The number of carbonyl (C=O) groups is 1. The van der Waals surface area contributed by atoms with Gasteiger partial charge in [0.05, 0.1) is 11.6 Å². The van der Waals surface area contributed by atoms with E-state index in [2.05, 4.69) is 10.6 Å². The molecule has 1 aliphatic carbocycles. The van der Waals surface area contributed by atoms with E-state index >= 15 is 0 Å². The Labute approximate surface area is 127 Å². The van der Waals surface area contributed by atoms with Crippen molar-refractivity contribution in [1.82, 2.24) is 10.6 Å². The van der Waals surface area contributed by atoms with Crippen LogP contribution in [0.25, 0.3) is 0 Å². The number of thioether (sulfide) groups is 1. The van der Waals surface area contributed by atoms with Crippen LogP contribution in [0.15, 0.2) is 23.1 Å². The van der Waals surface area contributed by atoms with E-state index in [0.717, 1.165) is 37.0 Å². The molecule has 1 aromatic rings. The molecule has 4 nitrogen and oxygen atoms in total. The maximum absolute atomic E-state index is 13.8. The number of hydrogen-bond donors (Lipinski definition) is 3. The van der Waals surface area contributed by atoms with Crippen LogP contribution in [0.3, 0.4) is 0 Å². The molecule has 1 heterocycles. The summed E-state index contributed by atoms with van der Waals surface area (Å²) in [7, 11) is 0. The normalized spacial score (nSPS) is 22.9. The van der Waals surface area contributed by atoms with Gasteiger partial charge in [0, 0.05) is 17.2 Å². The van der Waals surface area contributed by atoms with Crippen LogP contribution < -0.4 is 10.6 Å². The number of carbonyl (C=O) groups excluding carboxylic acids is 1. The van der Waals surface area contributed by atoms with Gasteiger partial charge in [-0.25, -0.2) is 9.18 Å². The zero-order valence-corrected chi connectivity index (χ0v) is 12.5. The van der Waals surface area contributed by atoms with E-state index in [1.165, 1.54) is 17.8 Å². The number of benzene rings is 1. The fourth-order valence-corrected chi connectivity index (χ4v) is 3.89. The lowest BCUT2D eigenvalue weighted by Crippen LogP contribution is -2.50. The Morgan fingerprint density at radius 2 is 2.29 bits per heavy atom. The van der Waals surface area contributed by atoms with Crippen LogP contribution >= 0.6 is 11.8 Å². The van der Waals surface area contributed by atoms with Crippen LogP contribution in [-0.2, 0) is 0 Å². The van der Waals surface area contributed by atoms with Crippen molar-refractivity contribution < 1.29 is 14.3 Å². The molecule has 2 aliphatic rings. The minimum Gasteiger partial charge on any atom is -0.388 e. The second-order valence-electron chi connectivity index (χ2n) is 5.75. The lowest BCUT2D eigenvalue weighted by atomic mass is 9.80. The molecule has 0 aromatic heterocycles. The predicted molar refractivity (Wildman–Crippen MR) is 79.8 cm³/mol. The molecule has 1 saturated carbocycles. The average molecular weight is 310 g/mol. The molecule has 0 radical (unpaired) electrons. The van der Waals surface area contributed by atoms with Crippen molar-refractivity contribution in [2.45, 2.75) is 42.2 Å². The number of amides is 2. The standard InChI is InChI=1S/C15H19FN2O2S/c16-11-4-1-3-10-12(5-8-21-13(10)11)18-14(19)17-9-15(20)6-2-7-15/h1,3-4,12,20H,2,5-9H2,(H2,17,18,19). The second kappa shape index (κ2) is 5.85. The zero-order valence-electron chi connectivity index (χ0n) is 11.7. The van der Waals surface area contributed by atoms with Crippen LogP contribution in [0.4, 0.5) is 9.18 Å². The van der Waals surface area contributed by atoms with Crippen molar-refractivity contribution in [3.63, 3.8) is 0 Å². The van der Waals surface area contributed by atoms with Crippen molar-refractivity contribution >= 4 is 17.8 Å². The molecule has 1 unspecified atom stereocenters. The molecule has 0 spiro atoms. The Morgan fingerprint density at radius 3 is 3.00 bits per heavy atom. The minimum atomic E-state index is -0.732. The number of halogens is 1. The lowest BCUT2D eigenvalue weighted by Gasteiger charge is -2.36. The highest BCUT2D eigenvalue weighted by Gasteiger charge is 2.34. The molecule has 2 amide bonds. The van der Waals surface area contributed by atoms with Gasteiger partial charge in [-0.3, -0.25) is 0 Å². The Morgan fingerprint density at radius 1 is 1.48 bits per heavy atom. The molecule has 3 N–H and O–H groups in total. The topological polar surface area (TPSA) is 61.4 Å². The van der Waals surface area contributed by atoms with Gasteiger partial charge in [-0.05, 0) is 37.3 Å². The summed E-state index contributed by atoms with van der Waals surface area (Å²) in [5.74, 6) is 0.552. The van der Waals surface area contributed by atoms with Crippen molar-refractivity contribution in [1.29, 1.82) is 0 Å². The Kier molecular flexibility index (Phi) is 4.08. The Hall–Kier alpha value is -1.27. The largest absolute Gasteiger partial charge is 0.388 e. The summed E-state index contributed by atoms with van der Waals surface area (Å²) >= 11 is 1.49. The number of hydrogen-bond acceptors (Lipinski definition) is 3. The number of aliphatic hydroxyl groups is 1. The monoisotopic (exact) mass is 310 g/mol. The van der Waals surface area contributed by atoms with E-state index in [0.29, 0.717) is 4.90 Å². The number of urea groups is 1. The second-order valence-corrected chi connectivity index (χ2v) is 6.86. The summed E-state index contributed by atoms with van der Waals surface area (Å²) in [5.41, 5.74) is 0.104. The van der Waals surface area contributed by atoms with E-state index in [9.17, 15) is 14.3 Å². The highest BCUT2D eigenvalue weighted by molar-refractivity contribution is 7.99. The lowest BCUT2D eigenvalue weighted by molar-refractivity contribution is -0.0290. The molecule has 3 rings (SSSR count). The highest BCUT2D eigenvalue weighted by Crippen LogP contribution is 2.37. The zero-order chi connectivity index (χ0) is 14.9. The first kappa shape index (κ1) is 14.7. The van der Waals surface area contributed by atoms with Crippen molar-refractivity contribution in [3.05, 3.63) is 29.6 Å². The van der Waals surface area contributed by atoms with Crippen LogP contribution in [-0.4, -0.2) is 29.0 Å². The van der Waals surface area contributed by atoms with Gasteiger partial charge >= 0.3 is 6.03 Å². The first-order chi connectivity index (χ1) is 10.1. The molecular weight excluding hydrogens is 291 g/mol. The van der Waals surface area contributed by atoms with Crippen LogP contribution in [0, 0.1) is 5.82 Å². The first-order valence-corrected chi connectivity index (χ1v) is 8.24. The third-order valence-corrected chi connectivity index (χ3v) is 5.35. The molecule has 1 atom stereocenters. The fraction of sp³-hybridized carbons (Fsp3) is 0.533. The van der Waals surface area contributed by atoms with E-state index < -0.39 is 5.60 Å². The van der Waals surface area contributed by atoms with Gasteiger partial charge in [0.2, 0.25) is 0 Å². The molecule has 21 heavy (non-hydrogen) atoms.